The lowest BCUT2D eigenvalue weighted by molar-refractivity contribution is 0.0523. The lowest BCUT2D eigenvalue weighted by atomic mass is 10.0. The molecule has 0 aliphatic heterocycles. The van der Waals surface area contributed by atoms with Gasteiger partial charge in [-0.05, 0) is 25.1 Å². The van der Waals surface area contributed by atoms with E-state index in [1.165, 1.54) is 6.26 Å². The minimum atomic E-state index is -0.506. The zero-order valence-electron chi connectivity index (χ0n) is 9.88. The van der Waals surface area contributed by atoms with Crippen LogP contribution in [0.4, 0.5) is 0 Å². The highest BCUT2D eigenvalue weighted by Crippen LogP contribution is 2.16. The van der Waals surface area contributed by atoms with Crippen LogP contribution in [0.15, 0.2) is 47.1 Å². The molecule has 92 valence electrons. The number of ether oxygens (including phenoxy) is 1. The van der Waals surface area contributed by atoms with Crippen molar-refractivity contribution in [1.82, 2.24) is 0 Å². The van der Waals surface area contributed by atoms with E-state index in [0.717, 1.165) is 0 Å². The molecule has 0 atom stereocenters. The summed E-state index contributed by atoms with van der Waals surface area (Å²) in [4.78, 5) is 23.9. The van der Waals surface area contributed by atoms with Crippen molar-refractivity contribution in [1.29, 1.82) is 0 Å². The van der Waals surface area contributed by atoms with E-state index in [0.29, 0.717) is 0 Å². The Morgan fingerprint density at radius 1 is 1.11 bits per heavy atom. The fraction of sp³-hybridized carbons (Fsp3) is 0.143. The van der Waals surface area contributed by atoms with Gasteiger partial charge in [0.15, 0.2) is 5.76 Å². The number of furan rings is 1. The molecule has 0 spiro atoms. The maximum absolute atomic E-state index is 12.1. The van der Waals surface area contributed by atoms with Gasteiger partial charge in [-0.15, -0.1) is 0 Å². The van der Waals surface area contributed by atoms with Crippen molar-refractivity contribution in [3.63, 3.8) is 0 Å². The second-order valence-electron chi connectivity index (χ2n) is 3.57. The van der Waals surface area contributed by atoms with E-state index in [2.05, 4.69) is 0 Å². The van der Waals surface area contributed by atoms with Crippen molar-refractivity contribution in [2.24, 2.45) is 0 Å². The van der Waals surface area contributed by atoms with E-state index in [1.54, 1.807) is 43.3 Å². The normalized spacial score (nSPS) is 10.1. The van der Waals surface area contributed by atoms with E-state index in [4.69, 9.17) is 9.15 Å². The fourth-order valence-electron chi connectivity index (χ4n) is 1.61. The standard InChI is InChI=1S/C14H12O4/c1-2-17-14(16)11-7-4-3-6-10(11)13(15)12-8-5-9-18-12/h3-9H,2H2,1H3. The Hall–Kier alpha value is -2.36. The lowest BCUT2D eigenvalue weighted by Gasteiger charge is -2.06. The number of hydrogen-bond donors (Lipinski definition) is 0. The molecule has 2 aromatic rings. The summed E-state index contributed by atoms with van der Waals surface area (Å²) in [6.45, 7) is 1.98. The summed E-state index contributed by atoms with van der Waals surface area (Å²) in [5.74, 6) is -0.636. The third kappa shape index (κ3) is 2.32. The third-order valence-corrected chi connectivity index (χ3v) is 2.41. The van der Waals surface area contributed by atoms with Crippen molar-refractivity contribution >= 4 is 11.8 Å². The Labute approximate surface area is 104 Å². The predicted molar refractivity (Wildman–Crippen MR) is 64.5 cm³/mol. The van der Waals surface area contributed by atoms with Gasteiger partial charge < -0.3 is 9.15 Å². The molecule has 0 radical (unpaired) electrons. The van der Waals surface area contributed by atoms with Gasteiger partial charge in [0.2, 0.25) is 5.78 Å². The highest BCUT2D eigenvalue weighted by atomic mass is 16.5. The minimum Gasteiger partial charge on any atom is -0.462 e. The molecule has 18 heavy (non-hydrogen) atoms. The van der Waals surface area contributed by atoms with E-state index in [1.807, 2.05) is 0 Å². The first-order valence-corrected chi connectivity index (χ1v) is 5.58. The number of hydrogen-bond acceptors (Lipinski definition) is 4. The first-order chi connectivity index (χ1) is 8.74. The summed E-state index contributed by atoms with van der Waals surface area (Å²) in [5, 5.41) is 0. The number of benzene rings is 1. The summed E-state index contributed by atoms with van der Waals surface area (Å²) in [6.07, 6.45) is 1.42. The van der Waals surface area contributed by atoms with Gasteiger partial charge >= 0.3 is 5.97 Å². The summed E-state index contributed by atoms with van der Waals surface area (Å²) in [5.41, 5.74) is 0.534. The molecular formula is C14H12O4. The minimum absolute atomic E-state index is 0.201. The van der Waals surface area contributed by atoms with E-state index in [9.17, 15) is 9.59 Å². The second kappa shape index (κ2) is 5.31. The SMILES string of the molecule is CCOC(=O)c1ccccc1C(=O)c1ccco1. The summed E-state index contributed by atoms with van der Waals surface area (Å²) in [6, 6.07) is 9.71. The van der Waals surface area contributed by atoms with Crippen LogP contribution in [0, 0.1) is 0 Å². The molecule has 0 unspecified atom stereocenters. The van der Waals surface area contributed by atoms with Crippen LogP contribution in [-0.4, -0.2) is 18.4 Å². The molecule has 4 heteroatoms. The molecule has 0 saturated carbocycles. The van der Waals surface area contributed by atoms with E-state index >= 15 is 0 Å². The first-order valence-electron chi connectivity index (χ1n) is 5.58. The van der Waals surface area contributed by atoms with Crippen LogP contribution >= 0.6 is 0 Å². The van der Waals surface area contributed by atoms with Crippen molar-refractivity contribution in [3.05, 3.63) is 59.5 Å². The van der Waals surface area contributed by atoms with Crippen LogP contribution in [-0.2, 0) is 4.74 Å². The van der Waals surface area contributed by atoms with Gasteiger partial charge in [0.05, 0.1) is 18.4 Å². The van der Waals surface area contributed by atoms with E-state index < -0.39 is 5.97 Å². The average molecular weight is 244 g/mol. The molecule has 0 bridgehead atoms. The monoisotopic (exact) mass is 244 g/mol. The van der Waals surface area contributed by atoms with Gasteiger partial charge in [-0.25, -0.2) is 4.79 Å². The Bertz CT molecular complexity index is 555. The molecule has 0 aliphatic rings. The lowest BCUT2D eigenvalue weighted by Crippen LogP contribution is -2.12. The topological polar surface area (TPSA) is 56.5 Å². The number of ketones is 1. The van der Waals surface area contributed by atoms with Crippen molar-refractivity contribution < 1.29 is 18.7 Å². The quantitative estimate of drug-likeness (QED) is 0.613. The van der Waals surface area contributed by atoms with Crippen LogP contribution in [0.3, 0.4) is 0 Å². The molecule has 1 aromatic carbocycles. The van der Waals surface area contributed by atoms with Gasteiger partial charge in [0.25, 0.3) is 0 Å². The Morgan fingerprint density at radius 2 is 1.83 bits per heavy atom. The van der Waals surface area contributed by atoms with Crippen molar-refractivity contribution in [2.75, 3.05) is 6.61 Å². The summed E-state index contributed by atoms with van der Waals surface area (Å²) in [7, 11) is 0. The zero-order chi connectivity index (χ0) is 13.0. The maximum Gasteiger partial charge on any atom is 0.338 e. The molecule has 0 amide bonds. The molecule has 2 rings (SSSR count). The molecule has 4 nitrogen and oxygen atoms in total. The maximum atomic E-state index is 12.1. The highest BCUT2D eigenvalue weighted by molar-refractivity contribution is 6.13. The van der Waals surface area contributed by atoms with Crippen molar-refractivity contribution in [2.45, 2.75) is 6.92 Å². The summed E-state index contributed by atoms with van der Waals surface area (Å²) < 4.78 is 9.96. The van der Waals surface area contributed by atoms with E-state index in [-0.39, 0.29) is 29.3 Å². The van der Waals surface area contributed by atoms with Crippen LogP contribution < -0.4 is 0 Å². The van der Waals surface area contributed by atoms with Crippen LogP contribution in [0.25, 0.3) is 0 Å². The van der Waals surface area contributed by atoms with Crippen LogP contribution in [0.5, 0.6) is 0 Å². The van der Waals surface area contributed by atoms with Gasteiger partial charge in [-0.3, -0.25) is 4.79 Å². The number of rotatable bonds is 4. The molecule has 0 aliphatic carbocycles. The average Bonchev–Trinajstić information content (AvgIpc) is 2.92. The van der Waals surface area contributed by atoms with Crippen LogP contribution in [0.1, 0.15) is 33.4 Å². The zero-order valence-corrected chi connectivity index (χ0v) is 9.88. The van der Waals surface area contributed by atoms with Gasteiger partial charge in [0.1, 0.15) is 0 Å². The largest absolute Gasteiger partial charge is 0.462 e. The molecule has 0 N–H and O–H groups in total. The first kappa shape index (κ1) is 12.1. The number of esters is 1. The Kier molecular flexibility index (Phi) is 3.57. The predicted octanol–water partition coefficient (Wildman–Crippen LogP) is 2.69. The molecule has 1 aromatic heterocycles. The van der Waals surface area contributed by atoms with Gasteiger partial charge in [-0.1, -0.05) is 18.2 Å². The van der Waals surface area contributed by atoms with Gasteiger partial charge in [0, 0.05) is 5.56 Å². The molecule has 0 saturated heterocycles. The summed E-state index contributed by atoms with van der Waals surface area (Å²) >= 11 is 0. The molecular weight excluding hydrogens is 232 g/mol. The van der Waals surface area contributed by atoms with Gasteiger partial charge in [-0.2, -0.15) is 0 Å². The molecule has 0 fully saturated rings. The number of carbonyl (C=O) groups excluding carboxylic acids is 2. The fourth-order valence-corrected chi connectivity index (χ4v) is 1.61. The Balaban J connectivity index is 2.39. The highest BCUT2D eigenvalue weighted by Gasteiger charge is 2.20. The second-order valence-corrected chi connectivity index (χ2v) is 3.57. The molecule has 1 heterocycles. The third-order valence-electron chi connectivity index (χ3n) is 2.41. The smallest absolute Gasteiger partial charge is 0.338 e. The van der Waals surface area contributed by atoms with Crippen LogP contribution in [0.2, 0.25) is 0 Å². The Morgan fingerprint density at radius 3 is 2.44 bits per heavy atom. The van der Waals surface area contributed by atoms with Crippen molar-refractivity contribution in [3.8, 4) is 0 Å². The number of carbonyl (C=O) groups is 2.